The average molecular weight is 433 g/mol. The predicted octanol–water partition coefficient (Wildman–Crippen LogP) is 3.29. The lowest BCUT2D eigenvalue weighted by atomic mass is 9.96. The van der Waals surface area contributed by atoms with Gasteiger partial charge in [0.25, 0.3) is 0 Å². The summed E-state index contributed by atoms with van der Waals surface area (Å²) in [4.78, 5) is 17.0. The second-order valence-electron chi connectivity index (χ2n) is 8.21. The standard InChI is InChI=1S/C22H28N2O5S/c1-5-29-21(26)17-13-16-14-24(30(27,28)22(2,3)4)18(11-12-25)19(16)20(23-17)15-9-7-6-8-10-15/h6-10,13,18,25H,5,11-12,14H2,1-4H3/t18-/m0/s1. The fourth-order valence-corrected chi connectivity index (χ4v) is 5.23. The molecule has 1 aliphatic heterocycles. The lowest BCUT2D eigenvalue weighted by Crippen LogP contribution is -2.42. The van der Waals surface area contributed by atoms with E-state index in [4.69, 9.17) is 4.74 Å². The van der Waals surface area contributed by atoms with E-state index < -0.39 is 26.8 Å². The van der Waals surface area contributed by atoms with E-state index in [9.17, 15) is 18.3 Å². The minimum atomic E-state index is -3.68. The molecule has 0 bridgehead atoms. The molecule has 0 unspecified atom stereocenters. The molecule has 0 saturated heterocycles. The number of ether oxygens (including phenoxy) is 1. The molecule has 0 saturated carbocycles. The molecule has 0 aliphatic carbocycles. The fourth-order valence-electron chi connectivity index (χ4n) is 3.67. The van der Waals surface area contributed by atoms with Crippen LogP contribution in [0.15, 0.2) is 36.4 Å². The van der Waals surface area contributed by atoms with E-state index in [1.807, 2.05) is 30.3 Å². The number of fused-ring (bicyclic) bond motifs is 1. The first-order valence-electron chi connectivity index (χ1n) is 10.0. The van der Waals surface area contributed by atoms with Gasteiger partial charge in [0, 0.05) is 24.3 Å². The largest absolute Gasteiger partial charge is 0.461 e. The van der Waals surface area contributed by atoms with Gasteiger partial charge in [0.05, 0.1) is 23.1 Å². The van der Waals surface area contributed by atoms with Crippen LogP contribution in [-0.4, -0.2) is 46.7 Å². The number of aliphatic hydroxyl groups excluding tert-OH is 1. The van der Waals surface area contributed by atoms with E-state index in [0.29, 0.717) is 11.3 Å². The summed E-state index contributed by atoms with van der Waals surface area (Å²) in [5.41, 5.74) is 2.90. The first kappa shape index (κ1) is 22.4. The molecule has 2 heterocycles. The number of aromatic nitrogens is 1. The predicted molar refractivity (Wildman–Crippen MR) is 114 cm³/mol. The number of carbonyl (C=O) groups is 1. The summed E-state index contributed by atoms with van der Waals surface area (Å²) in [6, 6.07) is 10.4. The van der Waals surface area contributed by atoms with Crippen LogP contribution in [0.1, 0.15) is 61.8 Å². The number of sulfonamides is 1. The van der Waals surface area contributed by atoms with E-state index in [-0.39, 0.29) is 31.9 Å². The minimum absolute atomic E-state index is 0.119. The number of hydrogen-bond donors (Lipinski definition) is 1. The van der Waals surface area contributed by atoms with Crippen molar-refractivity contribution >= 4 is 16.0 Å². The third kappa shape index (κ3) is 3.99. The molecule has 0 amide bonds. The molecular weight excluding hydrogens is 404 g/mol. The van der Waals surface area contributed by atoms with E-state index in [2.05, 4.69) is 4.98 Å². The van der Waals surface area contributed by atoms with Crippen molar-refractivity contribution < 1.29 is 23.1 Å². The number of nitrogens with zero attached hydrogens (tertiary/aromatic N) is 2. The van der Waals surface area contributed by atoms with Crippen LogP contribution in [0.5, 0.6) is 0 Å². The third-order valence-electron chi connectivity index (χ3n) is 5.17. The minimum Gasteiger partial charge on any atom is -0.461 e. The monoisotopic (exact) mass is 432 g/mol. The highest BCUT2D eigenvalue weighted by Crippen LogP contribution is 2.44. The first-order chi connectivity index (χ1) is 14.1. The normalized spacial score (nSPS) is 17.0. The van der Waals surface area contributed by atoms with E-state index in [1.165, 1.54) is 4.31 Å². The Morgan fingerprint density at radius 3 is 2.50 bits per heavy atom. The van der Waals surface area contributed by atoms with Crippen LogP contribution >= 0.6 is 0 Å². The maximum Gasteiger partial charge on any atom is 0.356 e. The van der Waals surface area contributed by atoms with Crippen LogP contribution in [0.2, 0.25) is 0 Å². The fraction of sp³-hybridized carbons (Fsp3) is 0.455. The molecular formula is C22H28N2O5S. The number of hydrogen-bond acceptors (Lipinski definition) is 6. The van der Waals surface area contributed by atoms with Crippen molar-refractivity contribution in [2.45, 2.75) is 51.4 Å². The van der Waals surface area contributed by atoms with Crippen molar-refractivity contribution in [1.82, 2.24) is 9.29 Å². The number of carbonyl (C=O) groups excluding carboxylic acids is 1. The second-order valence-corrected chi connectivity index (χ2v) is 10.9. The molecule has 1 N–H and O–H groups in total. The quantitative estimate of drug-likeness (QED) is 0.704. The Hall–Kier alpha value is -2.29. The van der Waals surface area contributed by atoms with Gasteiger partial charge in [-0.05, 0) is 45.7 Å². The molecule has 3 rings (SSSR count). The highest BCUT2D eigenvalue weighted by Gasteiger charge is 2.45. The second kappa shape index (κ2) is 8.45. The summed E-state index contributed by atoms with van der Waals surface area (Å²) in [7, 11) is -3.68. The summed E-state index contributed by atoms with van der Waals surface area (Å²) in [5.74, 6) is -0.548. The zero-order valence-electron chi connectivity index (χ0n) is 17.8. The zero-order chi connectivity index (χ0) is 22.1. The van der Waals surface area contributed by atoms with Gasteiger partial charge in [-0.25, -0.2) is 18.2 Å². The highest BCUT2D eigenvalue weighted by atomic mass is 32.2. The van der Waals surface area contributed by atoms with Crippen LogP contribution in [-0.2, 0) is 21.3 Å². The summed E-state index contributed by atoms with van der Waals surface area (Å²) in [6.45, 7) is 6.85. The molecule has 1 atom stereocenters. The Morgan fingerprint density at radius 1 is 1.27 bits per heavy atom. The molecule has 8 heteroatoms. The molecule has 30 heavy (non-hydrogen) atoms. The van der Waals surface area contributed by atoms with E-state index in [0.717, 1.165) is 11.1 Å². The lowest BCUT2D eigenvalue weighted by molar-refractivity contribution is 0.0519. The van der Waals surface area contributed by atoms with Gasteiger partial charge >= 0.3 is 5.97 Å². The molecule has 0 radical (unpaired) electrons. The van der Waals surface area contributed by atoms with Crippen molar-refractivity contribution in [2.75, 3.05) is 13.2 Å². The summed E-state index contributed by atoms with van der Waals surface area (Å²) >= 11 is 0. The third-order valence-corrected chi connectivity index (χ3v) is 7.72. The molecule has 1 aliphatic rings. The molecule has 7 nitrogen and oxygen atoms in total. The number of pyridine rings is 1. The summed E-state index contributed by atoms with van der Waals surface area (Å²) in [6.07, 6.45) is 0.239. The molecule has 162 valence electrons. The summed E-state index contributed by atoms with van der Waals surface area (Å²) < 4.78 is 32.2. The number of aliphatic hydroxyl groups is 1. The Kier molecular flexibility index (Phi) is 6.31. The van der Waals surface area contributed by atoms with Gasteiger partial charge in [-0.2, -0.15) is 4.31 Å². The van der Waals surface area contributed by atoms with Crippen molar-refractivity contribution in [3.63, 3.8) is 0 Å². The zero-order valence-corrected chi connectivity index (χ0v) is 18.6. The topological polar surface area (TPSA) is 96.8 Å². The maximum absolute atomic E-state index is 13.3. The van der Waals surface area contributed by atoms with Crippen LogP contribution in [0, 0.1) is 0 Å². The van der Waals surface area contributed by atoms with Crippen molar-refractivity contribution in [1.29, 1.82) is 0 Å². The highest BCUT2D eigenvalue weighted by molar-refractivity contribution is 7.90. The number of benzene rings is 1. The van der Waals surface area contributed by atoms with Crippen molar-refractivity contribution in [2.24, 2.45) is 0 Å². The van der Waals surface area contributed by atoms with Crippen molar-refractivity contribution in [3.8, 4) is 11.3 Å². The van der Waals surface area contributed by atoms with Gasteiger partial charge in [0.2, 0.25) is 10.0 Å². The molecule has 1 aromatic heterocycles. The van der Waals surface area contributed by atoms with Gasteiger partial charge in [-0.3, -0.25) is 0 Å². The van der Waals surface area contributed by atoms with Crippen LogP contribution in [0.4, 0.5) is 0 Å². The van der Waals surface area contributed by atoms with Gasteiger partial charge in [-0.1, -0.05) is 30.3 Å². The Bertz CT molecular complexity index is 1030. The summed E-state index contributed by atoms with van der Waals surface area (Å²) in [5, 5.41) is 9.70. The van der Waals surface area contributed by atoms with Crippen LogP contribution in [0.25, 0.3) is 11.3 Å². The maximum atomic E-state index is 13.3. The van der Waals surface area contributed by atoms with E-state index >= 15 is 0 Å². The SMILES string of the molecule is CCOC(=O)c1cc2c(c(-c3ccccc3)n1)[C@H](CCO)N(S(=O)(=O)C(C)(C)C)C2. The Morgan fingerprint density at radius 2 is 1.93 bits per heavy atom. The molecule has 1 aromatic carbocycles. The Labute approximate surface area is 177 Å². The number of rotatable bonds is 6. The van der Waals surface area contributed by atoms with Crippen LogP contribution < -0.4 is 0 Å². The average Bonchev–Trinajstić information content (AvgIpc) is 3.07. The van der Waals surface area contributed by atoms with Gasteiger partial charge < -0.3 is 9.84 Å². The molecule has 0 fully saturated rings. The first-order valence-corrected chi connectivity index (χ1v) is 11.4. The van der Waals surface area contributed by atoms with Crippen molar-refractivity contribution in [3.05, 3.63) is 53.2 Å². The smallest absolute Gasteiger partial charge is 0.356 e. The van der Waals surface area contributed by atoms with Crippen LogP contribution in [0.3, 0.4) is 0 Å². The molecule has 0 spiro atoms. The van der Waals surface area contributed by atoms with Gasteiger partial charge in [0.1, 0.15) is 5.69 Å². The lowest BCUT2D eigenvalue weighted by Gasteiger charge is -2.31. The van der Waals surface area contributed by atoms with Gasteiger partial charge in [-0.15, -0.1) is 0 Å². The van der Waals surface area contributed by atoms with Gasteiger partial charge in [0.15, 0.2) is 0 Å². The Balaban J connectivity index is 2.24. The molecule has 2 aromatic rings. The van der Waals surface area contributed by atoms with E-state index in [1.54, 1.807) is 33.8 Å². The number of esters is 1.